The van der Waals surface area contributed by atoms with E-state index in [0.29, 0.717) is 5.56 Å². The Morgan fingerprint density at radius 3 is 2.54 bits per heavy atom. The standard InChI is InChI=1S/C18H16F3N3/c1-12-5-4-6-14(9-12)24-17(13-10-22-23-11-13)15-7-2-3-8-16(15)18(19,20)21/h2-11,17,24H,1H3,(H,22,23). The van der Waals surface area contributed by atoms with Gasteiger partial charge < -0.3 is 5.32 Å². The number of hydrogen-bond donors (Lipinski definition) is 2. The predicted octanol–water partition coefficient (Wildman–Crippen LogP) is 4.94. The zero-order valence-corrected chi connectivity index (χ0v) is 12.9. The number of aromatic amines is 1. The summed E-state index contributed by atoms with van der Waals surface area (Å²) in [5.74, 6) is 0. The lowest BCUT2D eigenvalue weighted by Gasteiger charge is -2.23. The lowest BCUT2D eigenvalue weighted by atomic mass is 9.95. The SMILES string of the molecule is Cc1cccc(NC(c2cn[nH]c2)c2ccccc2C(F)(F)F)c1. The molecule has 0 saturated heterocycles. The van der Waals surface area contributed by atoms with Gasteiger partial charge in [0.2, 0.25) is 0 Å². The van der Waals surface area contributed by atoms with Crippen LogP contribution in [0.15, 0.2) is 60.9 Å². The Balaban J connectivity index is 2.07. The normalized spacial score (nSPS) is 12.8. The highest BCUT2D eigenvalue weighted by Crippen LogP contribution is 2.37. The summed E-state index contributed by atoms with van der Waals surface area (Å²) in [4.78, 5) is 0. The van der Waals surface area contributed by atoms with Crippen LogP contribution < -0.4 is 5.32 Å². The molecular formula is C18H16F3N3. The fraction of sp³-hybridized carbons (Fsp3) is 0.167. The smallest absolute Gasteiger partial charge is 0.374 e. The Morgan fingerprint density at radius 1 is 1.08 bits per heavy atom. The molecule has 0 aliphatic carbocycles. The molecule has 0 radical (unpaired) electrons. The zero-order valence-electron chi connectivity index (χ0n) is 12.9. The van der Waals surface area contributed by atoms with Crippen LogP contribution in [-0.2, 0) is 6.18 Å². The van der Waals surface area contributed by atoms with Crippen LogP contribution in [0.4, 0.5) is 18.9 Å². The van der Waals surface area contributed by atoms with Gasteiger partial charge in [-0.25, -0.2) is 0 Å². The number of aromatic nitrogens is 2. The second-order valence-corrected chi connectivity index (χ2v) is 5.56. The number of anilines is 1. The molecule has 1 atom stereocenters. The number of halogens is 3. The van der Waals surface area contributed by atoms with E-state index in [1.54, 1.807) is 12.3 Å². The highest BCUT2D eigenvalue weighted by molar-refractivity contribution is 5.51. The van der Waals surface area contributed by atoms with Gasteiger partial charge in [-0.15, -0.1) is 0 Å². The molecule has 1 aromatic heterocycles. The molecule has 124 valence electrons. The van der Waals surface area contributed by atoms with E-state index in [9.17, 15) is 13.2 Å². The summed E-state index contributed by atoms with van der Waals surface area (Å²) >= 11 is 0. The van der Waals surface area contributed by atoms with Crippen LogP contribution in [0.1, 0.15) is 28.3 Å². The van der Waals surface area contributed by atoms with Crippen molar-refractivity contribution in [1.82, 2.24) is 10.2 Å². The number of benzene rings is 2. The van der Waals surface area contributed by atoms with E-state index in [-0.39, 0.29) is 5.56 Å². The quantitative estimate of drug-likeness (QED) is 0.711. The molecule has 0 saturated carbocycles. The van der Waals surface area contributed by atoms with Crippen LogP contribution in [0.5, 0.6) is 0 Å². The molecule has 3 rings (SSSR count). The minimum absolute atomic E-state index is 0.160. The van der Waals surface area contributed by atoms with Crippen LogP contribution in [0.2, 0.25) is 0 Å². The van der Waals surface area contributed by atoms with Crippen LogP contribution >= 0.6 is 0 Å². The largest absolute Gasteiger partial charge is 0.416 e. The molecule has 3 nitrogen and oxygen atoms in total. The van der Waals surface area contributed by atoms with Gasteiger partial charge >= 0.3 is 6.18 Å². The lowest BCUT2D eigenvalue weighted by Crippen LogP contribution is -2.18. The second-order valence-electron chi connectivity index (χ2n) is 5.56. The first-order valence-corrected chi connectivity index (χ1v) is 7.43. The van der Waals surface area contributed by atoms with E-state index in [1.165, 1.54) is 18.3 Å². The fourth-order valence-corrected chi connectivity index (χ4v) is 2.67. The van der Waals surface area contributed by atoms with E-state index in [2.05, 4.69) is 15.5 Å². The van der Waals surface area contributed by atoms with Crippen molar-refractivity contribution in [3.63, 3.8) is 0 Å². The van der Waals surface area contributed by atoms with E-state index < -0.39 is 17.8 Å². The van der Waals surface area contributed by atoms with E-state index >= 15 is 0 Å². The Labute approximate surface area is 137 Å². The van der Waals surface area contributed by atoms with Crippen molar-refractivity contribution in [2.45, 2.75) is 19.1 Å². The van der Waals surface area contributed by atoms with Gasteiger partial charge in [-0.1, -0.05) is 30.3 Å². The zero-order chi connectivity index (χ0) is 17.2. The molecule has 2 aromatic carbocycles. The molecule has 0 aliphatic heterocycles. The fourth-order valence-electron chi connectivity index (χ4n) is 2.67. The summed E-state index contributed by atoms with van der Waals surface area (Å²) in [6, 6.07) is 12.4. The maximum atomic E-state index is 13.4. The van der Waals surface area contributed by atoms with Gasteiger partial charge in [-0.3, -0.25) is 5.10 Å². The first kappa shape index (κ1) is 16.1. The highest BCUT2D eigenvalue weighted by atomic mass is 19.4. The van der Waals surface area contributed by atoms with Crippen molar-refractivity contribution in [3.8, 4) is 0 Å². The summed E-state index contributed by atoms with van der Waals surface area (Å²) in [5.41, 5.74) is 1.91. The molecule has 1 unspecified atom stereocenters. The Hall–Kier alpha value is -2.76. The summed E-state index contributed by atoms with van der Waals surface area (Å²) < 4.78 is 40.2. The average molecular weight is 331 g/mol. The van der Waals surface area contributed by atoms with E-state index in [0.717, 1.165) is 17.3 Å². The van der Waals surface area contributed by atoms with Gasteiger partial charge in [-0.2, -0.15) is 18.3 Å². The number of aryl methyl sites for hydroxylation is 1. The van der Waals surface area contributed by atoms with Crippen molar-refractivity contribution in [1.29, 1.82) is 0 Å². The van der Waals surface area contributed by atoms with Crippen LogP contribution in [-0.4, -0.2) is 10.2 Å². The molecule has 1 heterocycles. The third-order valence-corrected chi connectivity index (χ3v) is 3.76. The maximum absolute atomic E-state index is 13.4. The molecule has 0 amide bonds. The van der Waals surface area contributed by atoms with Gasteiger partial charge in [0.1, 0.15) is 0 Å². The summed E-state index contributed by atoms with van der Waals surface area (Å²) in [5, 5.41) is 9.73. The number of H-pyrrole nitrogens is 1. The minimum Gasteiger partial charge on any atom is -0.374 e. The van der Waals surface area contributed by atoms with Crippen molar-refractivity contribution < 1.29 is 13.2 Å². The number of alkyl halides is 3. The molecule has 2 N–H and O–H groups in total. The van der Waals surface area contributed by atoms with Gasteiger partial charge in [0.25, 0.3) is 0 Å². The first-order chi connectivity index (χ1) is 11.4. The van der Waals surface area contributed by atoms with Crippen LogP contribution in [0, 0.1) is 6.92 Å². The molecule has 0 bridgehead atoms. The highest BCUT2D eigenvalue weighted by Gasteiger charge is 2.35. The third-order valence-electron chi connectivity index (χ3n) is 3.76. The summed E-state index contributed by atoms with van der Waals surface area (Å²) in [6.45, 7) is 1.93. The maximum Gasteiger partial charge on any atom is 0.416 e. The van der Waals surface area contributed by atoms with Crippen LogP contribution in [0.25, 0.3) is 0 Å². The number of nitrogens with zero attached hydrogens (tertiary/aromatic N) is 1. The first-order valence-electron chi connectivity index (χ1n) is 7.43. The molecule has 6 heteroatoms. The second kappa shape index (κ2) is 6.39. The Kier molecular flexibility index (Phi) is 4.29. The number of nitrogens with one attached hydrogen (secondary N) is 2. The van der Waals surface area contributed by atoms with Crippen molar-refractivity contribution in [2.75, 3.05) is 5.32 Å². The van der Waals surface area contributed by atoms with Crippen LogP contribution in [0.3, 0.4) is 0 Å². The molecular weight excluding hydrogens is 315 g/mol. The van der Waals surface area contributed by atoms with E-state index in [4.69, 9.17) is 0 Å². The Morgan fingerprint density at radius 2 is 1.88 bits per heavy atom. The molecule has 24 heavy (non-hydrogen) atoms. The predicted molar refractivity (Wildman–Crippen MR) is 86.7 cm³/mol. The van der Waals surface area contributed by atoms with Gasteiger partial charge in [0.15, 0.2) is 0 Å². The Bertz CT molecular complexity index is 810. The summed E-state index contributed by atoms with van der Waals surface area (Å²) in [7, 11) is 0. The lowest BCUT2D eigenvalue weighted by molar-refractivity contribution is -0.138. The average Bonchev–Trinajstić information content (AvgIpc) is 3.06. The van der Waals surface area contributed by atoms with Gasteiger partial charge in [0, 0.05) is 17.4 Å². The third kappa shape index (κ3) is 3.42. The monoisotopic (exact) mass is 331 g/mol. The van der Waals surface area contributed by atoms with Crippen molar-refractivity contribution in [3.05, 3.63) is 83.2 Å². The number of rotatable bonds is 4. The summed E-state index contributed by atoms with van der Waals surface area (Å²) in [6.07, 6.45) is -1.30. The number of hydrogen-bond acceptors (Lipinski definition) is 2. The van der Waals surface area contributed by atoms with E-state index in [1.807, 2.05) is 31.2 Å². The van der Waals surface area contributed by atoms with Gasteiger partial charge in [-0.05, 0) is 36.2 Å². The molecule has 0 aliphatic rings. The molecule has 0 fully saturated rings. The van der Waals surface area contributed by atoms with Crippen molar-refractivity contribution in [2.24, 2.45) is 0 Å². The van der Waals surface area contributed by atoms with Gasteiger partial charge in [0.05, 0.1) is 17.8 Å². The molecule has 0 spiro atoms. The molecule has 3 aromatic rings. The topological polar surface area (TPSA) is 40.7 Å². The van der Waals surface area contributed by atoms with Crippen molar-refractivity contribution >= 4 is 5.69 Å². The minimum atomic E-state index is -4.42.